The van der Waals surface area contributed by atoms with E-state index >= 15 is 0 Å². The summed E-state index contributed by atoms with van der Waals surface area (Å²) in [6, 6.07) is 16.3. The van der Waals surface area contributed by atoms with Gasteiger partial charge in [0.15, 0.2) is 0 Å². The van der Waals surface area contributed by atoms with Crippen molar-refractivity contribution in [2.45, 2.75) is 17.9 Å². The second-order valence-electron chi connectivity index (χ2n) is 6.31. The summed E-state index contributed by atoms with van der Waals surface area (Å²) in [7, 11) is -3.58. The Labute approximate surface area is 149 Å². The maximum absolute atomic E-state index is 12.8. The van der Waals surface area contributed by atoms with Crippen molar-refractivity contribution in [1.29, 1.82) is 0 Å². The van der Waals surface area contributed by atoms with E-state index in [-0.39, 0.29) is 6.04 Å². The van der Waals surface area contributed by atoms with Crippen LogP contribution >= 0.6 is 0 Å². The normalized spacial score (nSPS) is 17.3. The lowest BCUT2D eigenvalue weighted by Crippen LogP contribution is -2.43. The van der Waals surface area contributed by atoms with E-state index in [1.165, 1.54) is 0 Å². The zero-order valence-corrected chi connectivity index (χ0v) is 15.2. The Morgan fingerprint density at radius 3 is 2.32 bits per heavy atom. The smallest absolute Gasteiger partial charge is 0.241 e. The molecule has 0 spiro atoms. The number of morpholine rings is 1. The fourth-order valence-electron chi connectivity index (χ4n) is 2.91. The zero-order valence-electron chi connectivity index (χ0n) is 14.4. The fraction of sp³-hybridized carbons (Fsp3) is 0.368. The maximum Gasteiger partial charge on any atom is 0.241 e. The van der Waals surface area contributed by atoms with E-state index < -0.39 is 10.0 Å². The molecular weight excluding hydrogens is 336 g/mol. The minimum Gasteiger partial charge on any atom is -0.379 e. The van der Waals surface area contributed by atoms with Crippen molar-refractivity contribution in [3.8, 4) is 0 Å². The number of nitrogens with zero attached hydrogens (tertiary/aromatic N) is 1. The summed E-state index contributed by atoms with van der Waals surface area (Å²) in [4.78, 5) is 2.53. The van der Waals surface area contributed by atoms with Gasteiger partial charge in [-0.2, -0.15) is 0 Å². The average molecular weight is 360 g/mol. The molecule has 1 aliphatic rings. The molecule has 0 aliphatic carbocycles. The number of nitrogens with one attached hydrogen (secondary N) is 1. The predicted octanol–water partition coefficient (Wildman–Crippen LogP) is 2.35. The summed E-state index contributed by atoms with van der Waals surface area (Å²) in [6.07, 6.45) is 0. The number of rotatable bonds is 6. The van der Waals surface area contributed by atoms with Crippen LogP contribution in [0.2, 0.25) is 0 Å². The highest BCUT2D eigenvalue weighted by Gasteiger charge is 2.24. The van der Waals surface area contributed by atoms with E-state index in [9.17, 15) is 8.42 Å². The Morgan fingerprint density at radius 1 is 1.04 bits per heavy atom. The Bertz CT molecular complexity index is 770. The molecule has 1 saturated heterocycles. The van der Waals surface area contributed by atoms with Gasteiger partial charge in [-0.1, -0.05) is 48.0 Å². The lowest BCUT2D eigenvalue weighted by Gasteiger charge is -2.31. The number of hydrogen-bond acceptors (Lipinski definition) is 4. The van der Waals surface area contributed by atoms with E-state index in [1.807, 2.05) is 49.4 Å². The molecule has 1 N–H and O–H groups in total. The van der Waals surface area contributed by atoms with Gasteiger partial charge in [-0.15, -0.1) is 0 Å². The van der Waals surface area contributed by atoms with Crippen LogP contribution in [0.25, 0.3) is 0 Å². The summed E-state index contributed by atoms with van der Waals surface area (Å²) in [5.41, 5.74) is 2.00. The molecule has 25 heavy (non-hydrogen) atoms. The summed E-state index contributed by atoms with van der Waals surface area (Å²) in [5, 5.41) is 0. The van der Waals surface area contributed by atoms with Crippen LogP contribution in [0.5, 0.6) is 0 Å². The summed E-state index contributed by atoms with van der Waals surface area (Å²) >= 11 is 0. The quantitative estimate of drug-likeness (QED) is 0.859. The van der Waals surface area contributed by atoms with Gasteiger partial charge >= 0.3 is 0 Å². The minimum atomic E-state index is -3.58. The first-order valence-electron chi connectivity index (χ1n) is 8.49. The lowest BCUT2D eigenvalue weighted by atomic mass is 10.1. The number of sulfonamides is 1. The van der Waals surface area contributed by atoms with E-state index in [0.29, 0.717) is 24.7 Å². The molecule has 0 radical (unpaired) electrons. The van der Waals surface area contributed by atoms with Crippen LogP contribution in [-0.2, 0) is 14.8 Å². The second kappa shape index (κ2) is 8.10. The van der Waals surface area contributed by atoms with Crippen molar-refractivity contribution in [1.82, 2.24) is 9.62 Å². The third kappa shape index (κ3) is 4.89. The first-order valence-corrected chi connectivity index (χ1v) is 9.97. The van der Waals surface area contributed by atoms with Gasteiger partial charge in [0.05, 0.1) is 24.2 Å². The monoisotopic (exact) mass is 360 g/mol. The minimum absolute atomic E-state index is 0.293. The molecule has 5 nitrogen and oxygen atoms in total. The van der Waals surface area contributed by atoms with Crippen LogP contribution in [0.4, 0.5) is 0 Å². The Balaban J connectivity index is 1.82. The molecule has 6 heteroatoms. The van der Waals surface area contributed by atoms with Gasteiger partial charge in [-0.3, -0.25) is 4.90 Å². The number of hydrogen-bond donors (Lipinski definition) is 1. The highest BCUT2D eigenvalue weighted by atomic mass is 32.2. The molecule has 0 amide bonds. The van der Waals surface area contributed by atoms with Gasteiger partial charge < -0.3 is 4.74 Å². The average Bonchev–Trinajstić information content (AvgIpc) is 2.63. The standard InChI is InChI=1S/C19H24N2O3S/c1-16-7-9-18(10-8-16)25(22,23)20-19(17-5-3-2-4-6-17)15-21-11-13-24-14-12-21/h2-10,19-20H,11-15H2,1H3/t19-/m0/s1. The molecular formula is C19H24N2O3S. The van der Waals surface area contributed by atoms with Crippen molar-refractivity contribution in [2.75, 3.05) is 32.8 Å². The third-order valence-electron chi connectivity index (χ3n) is 4.38. The molecule has 2 aromatic carbocycles. The molecule has 1 heterocycles. The molecule has 0 unspecified atom stereocenters. The molecule has 1 fully saturated rings. The van der Waals surface area contributed by atoms with E-state index in [2.05, 4.69) is 9.62 Å². The first-order chi connectivity index (χ1) is 12.0. The number of aryl methyl sites for hydroxylation is 1. The summed E-state index contributed by atoms with van der Waals surface area (Å²) < 4.78 is 33.9. The molecule has 0 bridgehead atoms. The van der Waals surface area contributed by atoms with Crippen LogP contribution in [0.15, 0.2) is 59.5 Å². The van der Waals surface area contributed by atoms with Gasteiger partial charge in [0.1, 0.15) is 0 Å². The Kier molecular flexibility index (Phi) is 5.86. The molecule has 134 valence electrons. The summed E-state index contributed by atoms with van der Waals surface area (Å²) in [6.45, 7) is 5.57. The van der Waals surface area contributed by atoms with Crippen LogP contribution < -0.4 is 4.72 Å². The fourth-order valence-corrected chi connectivity index (χ4v) is 4.13. The van der Waals surface area contributed by atoms with Gasteiger partial charge in [-0.25, -0.2) is 13.1 Å². The van der Waals surface area contributed by atoms with Crippen molar-refractivity contribution < 1.29 is 13.2 Å². The first kappa shape index (κ1) is 18.1. The Morgan fingerprint density at radius 2 is 1.68 bits per heavy atom. The molecule has 2 aromatic rings. The van der Waals surface area contributed by atoms with Crippen molar-refractivity contribution in [3.63, 3.8) is 0 Å². The second-order valence-corrected chi connectivity index (χ2v) is 8.02. The van der Waals surface area contributed by atoms with Crippen molar-refractivity contribution >= 4 is 10.0 Å². The van der Waals surface area contributed by atoms with Crippen LogP contribution in [0.1, 0.15) is 17.2 Å². The third-order valence-corrected chi connectivity index (χ3v) is 5.86. The van der Waals surface area contributed by atoms with Crippen molar-refractivity contribution in [2.24, 2.45) is 0 Å². The SMILES string of the molecule is Cc1ccc(S(=O)(=O)N[C@@H](CN2CCOCC2)c2ccccc2)cc1. The van der Waals surface area contributed by atoms with Crippen molar-refractivity contribution in [3.05, 3.63) is 65.7 Å². The highest BCUT2D eigenvalue weighted by Crippen LogP contribution is 2.19. The summed E-state index contributed by atoms with van der Waals surface area (Å²) in [5.74, 6) is 0. The van der Waals surface area contributed by atoms with Crippen LogP contribution in [0, 0.1) is 6.92 Å². The highest BCUT2D eigenvalue weighted by molar-refractivity contribution is 7.89. The number of ether oxygens (including phenoxy) is 1. The lowest BCUT2D eigenvalue weighted by molar-refractivity contribution is 0.0345. The van der Waals surface area contributed by atoms with Gasteiger partial charge in [0.2, 0.25) is 10.0 Å². The molecule has 3 rings (SSSR count). The van der Waals surface area contributed by atoms with Crippen LogP contribution in [-0.4, -0.2) is 46.2 Å². The van der Waals surface area contributed by atoms with Crippen LogP contribution in [0.3, 0.4) is 0 Å². The molecule has 1 aliphatic heterocycles. The predicted molar refractivity (Wildman–Crippen MR) is 97.9 cm³/mol. The largest absolute Gasteiger partial charge is 0.379 e. The van der Waals surface area contributed by atoms with E-state index in [1.54, 1.807) is 12.1 Å². The van der Waals surface area contributed by atoms with Gasteiger partial charge in [0, 0.05) is 19.6 Å². The molecule has 0 saturated carbocycles. The maximum atomic E-state index is 12.8. The van der Waals surface area contributed by atoms with Gasteiger partial charge in [0.25, 0.3) is 0 Å². The number of benzene rings is 2. The molecule has 0 aromatic heterocycles. The van der Waals surface area contributed by atoms with E-state index in [0.717, 1.165) is 24.2 Å². The topological polar surface area (TPSA) is 58.6 Å². The zero-order chi connectivity index (χ0) is 17.7. The Hall–Kier alpha value is -1.73. The van der Waals surface area contributed by atoms with Gasteiger partial charge in [-0.05, 0) is 24.6 Å². The van der Waals surface area contributed by atoms with E-state index in [4.69, 9.17) is 4.74 Å². The molecule has 1 atom stereocenters.